The van der Waals surface area contributed by atoms with E-state index in [0.29, 0.717) is 39.0 Å². The van der Waals surface area contributed by atoms with Crippen molar-refractivity contribution in [1.29, 1.82) is 0 Å². The summed E-state index contributed by atoms with van der Waals surface area (Å²) in [5.41, 5.74) is 1.15. The third-order valence-electron chi connectivity index (χ3n) is 8.53. The van der Waals surface area contributed by atoms with E-state index < -0.39 is 17.4 Å². The molecule has 3 fully saturated rings. The monoisotopic (exact) mass is 517 g/mol. The molecule has 1 spiro atoms. The fraction of sp³-hybridized carbons (Fsp3) is 0.464. The number of carbonyl (C=O) groups is 4. The lowest BCUT2D eigenvalue weighted by Gasteiger charge is -2.38. The molecule has 3 amide bonds. The number of rotatable bonds is 2. The Kier molecular flexibility index (Phi) is 6.14. The van der Waals surface area contributed by atoms with Gasteiger partial charge in [0.2, 0.25) is 5.91 Å². The number of carbonyl (C=O) groups excluding carboxylic acids is 4. The van der Waals surface area contributed by atoms with Crippen LogP contribution in [0.1, 0.15) is 52.0 Å². The maximum absolute atomic E-state index is 14.4. The van der Waals surface area contributed by atoms with E-state index >= 15 is 0 Å². The van der Waals surface area contributed by atoms with Crippen LogP contribution in [0.3, 0.4) is 0 Å². The van der Waals surface area contributed by atoms with Crippen molar-refractivity contribution >= 4 is 29.4 Å². The normalized spacial score (nSPS) is 27.1. The molecule has 0 unspecified atom stereocenters. The lowest BCUT2D eigenvalue weighted by molar-refractivity contribution is -0.139. The zero-order chi connectivity index (χ0) is 26.4. The zero-order valence-corrected chi connectivity index (χ0v) is 21.4. The first-order valence-electron chi connectivity index (χ1n) is 13.3. The van der Waals surface area contributed by atoms with Crippen molar-refractivity contribution in [2.75, 3.05) is 44.7 Å². The summed E-state index contributed by atoms with van der Waals surface area (Å²) in [5, 5.41) is 3.07. The van der Waals surface area contributed by atoms with Gasteiger partial charge in [0.15, 0.2) is 0 Å². The minimum atomic E-state index is -1.01. The number of nitrogens with zero attached hydrogens (tertiary/aromatic N) is 4. The number of pyridine rings is 1. The van der Waals surface area contributed by atoms with Crippen molar-refractivity contribution in [3.63, 3.8) is 0 Å². The van der Waals surface area contributed by atoms with Crippen LogP contribution in [-0.2, 0) is 19.9 Å². The van der Waals surface area contributed by atoms with Crippen molar-refractivity contribution in [2.45, 2.75) is 37.3 Å². The SMILES string of the molecule is COC(=O)c1cncc(C(=O)N2CCCNC(=O)[C@@H]3C[C@@H]4CCCN4[C@@]34C(=O)N(CC2)c2ccccc24)c1. The molecule has 38 heavy (non-hydrogen) atoms. The molecule has 2 aromatic rings. The van der Waals surface area contributed by atoms with Crippen LogP contribution in [0.2, 0.25) is 0 Å². The molecule has 10 heteroatoms. The number of nitrogens with one attached hydrogen (secondary N) is 1. The van der Waals surface area contributed by atoms with Crippen LogP contribution < -0.4 is 10.2 Å². The molecule has 198 valence electrons. The summed E-state index contributed by atoms with van der Waals surface area (Å²) in [6.45, 7) is 2.19. The number of para-hydroxylation sites is 1. The maximum Gasteiger partial charge on any atom is 0.339 e. The standard InChI is InChI=1S/C28H31N5O5/c1-38-26(36)19-14-18(16-29-17-19)25(35)31-10-5-9-30-24(34)22-15-20-6-4-11-33(20)28(22)21-7-2-3-8-23(21)32(13-12-31)27(28)37/h2-3,7-8,14,16-17,20,22H,4-6,9-13,15H2,1H3,(H,30,34)/t20-,22-,28+/m0/s1. The van der Waals surface area contributed by atoms with Gasteiger partial charge in [-0.1, -0.05) is 18.2 Å². The van der Waals surface area contributed by atoms with Crippen LogP contribution in [0.15, 0.2) is 42.7 Å². The third kappa shape index (κ3) is 3.61. The minimum absolute atomic E-state index is 0.0782. The number of methoxy groups -OCH3 is 1. The topological polar surface area (TPSA) is 112 Å². The second kappa shape index (κ2) is 9.50. The molecular formula is C28H31N5O5. The Balaban J connectivity index is 1.36. The van der Waals surface area contributed by atoms with Crippen molar-refractivity contribution in [3.8, 4) is 0 Å². The molecule has 0 aliphatic carbocycles. The molecule has 0 radical (unpaired) electrons. The van der Waals surface area contributed by atoms with E-state index in [1.54, 1.807) is 9.80 Å². The highest BCUT2D eigenvalue weighted by atomic mass is 16.5. The van der Waals surface area contributed by atoms with Gasteiger partial charge in [-0.3, -0.25) is 24.3 Å². The molecule has 1 aromatic carbocycles. The van der Waals surface area contributed by atoms with Gasteiger partial charge in [0.25, 0.3) is 11.8 Å². The van der Waals surface area contributed by atoms with E-state index in [9.17, 15) is 19.2 Å². The van der Waals surface area contributed by atoms with Crippen molar-refractivity contribution < 1.29 is 23.9 Å². The van der Waals surface area contributed by atoms with Crippen LogP contribution in [0.5, 0.6) is 0 Å². The van der Waals surface area contributed by atoms with Gasteiger partial charge in [0.05, 0.1) is 24.2 Å². The third-order valence-corrected chi connectivity index (χ3v) is 8.53. The van der Waals surface area contributed by atoms with E-state index in [1.165, 1.54) is 25.6 Å². The second-order valence-electron chi connectivity index (χ2n) is 10.4. The summed E-state index contributed by atoms with van der Waals surface area (Å²) in [5.74, 6) is -1.49. The minimum Gasteiger partial charge on any atom is -0.465 e. The summed E-state index contributed by atoms with van der Waals surface area (Å²) < 4.78 is 4.77. The number of amides is 3. The predicted octanol–water partition coefficient (Wildman–Crippen LogP) is 1.56. The van der Waals surface area contributed by atoms with E-state index in [2.05, 4.69) is 15.2 Å². The summed E-state index contributed by atoms with van der Waals surface area (Å²) >= 11 is 0. The van der Waals surface area contributed by atoms with Crippen LogP contribution in [0.25, 0.3) is 0 Å². The molecule has 4 aliphatic rings. The Labute approximate surface area is 220 Å². The molecule has 4 aliphatic heterocycles. The van der Waals surface area contributed by atoms with Gasteiger partial charge < -0.3 is 19.9 Å². The van der Waals surface area contributed by atoms with Gasteiger partial charge in [-0.05, 0) is 44.4 Å². The molecule has 2 bridgehead atoms. The lowest BCUT2D eigenvalue weighted by atomic mass is 9.78. The first-order valence-corrected chi connectivity index (χ1v) is 13.3. The van der Waals surface area contributed by atoms with Crippen molar-refractivity contribution in [3.05, 3.63) is 59.4 Å². The molecule has 10 nitrogen and oxygen atoms in total. The summed E-state index contributed by atoms with van der Waals surface area (Å²) in [6.07, 6.45) is 6.02. The van der Waals surface area contributed by atoms with Gasteiger partial charge in [0, 0.05) is 55.9 Å². The first kappa shape index (κ1) is 24.5. The number of aromatic nitrogens is 1. The molecule has 6 rings (SSSR count). The van der Waals surface area contributed by atoms with Crippen LogP contribution in [0, 0.1) is 5.92 Å². The van der Waals surface area contributed by atoms with Crippen LogP contribution in [0.4, 0.5) is 5.69 Å². The van der Waals surface area contributed by atoms with Crippen LogP contribution in [-0.4, -0.2) is 84.4 Å². The second-order valence-corrected chi connectivity index (χ2v) is 10.4. The Bertz CT molecular complexity index is 1310. The quantitative estimate of drug-likeness (QED) is 0.602. The van der Waals surface area contributed by atoms with Crippen LogP contribution >= 0.6 is 0 Å². The van der Waals surface area contributed by atoms with Gasteiger partial charge in [-0.25, -0.2) is 4.79 Å². The maximum atomic E-state index is 14.4. The highest BCUT2D eigenvalue weighted by Gasteiger charge is 2.67. The highest BCUT2D eigenvalue weighted by Crippen LogP contribution is 2.57. The Morgan fingerprint density at radius 3 is 2.71 bits per heavy atom. The average Bonchev–Trinajstić information content (AvgIpc) is 3.60. The van der Waals surface area contributed by atoms with E-state index in [1.807, 2.05) is 24.3 Å². The van der Waals surface area contributed by atoms with Gasteiger partial charge >= 0.3 is 5.97 Å². The molecule has 1 aromatic heterocycles. The van der Waals surface area contributed by atoms with Gasteiger partial charge in [0.1, 0.15) is 5.54 Å². The largest absolute Gasteiger partial charge is 0.465 e. The Morgan fingerprint density at radius 2 is 1.87 bits per heavy atom. The molecule has 3 saturated heterocycles. The molecule has 5 heterocycles. The van der Waals surface area contributed by atoms with Crippen molar-refractivity contribution in [2.24, 2.45) is 5.92 Å². The fourth-order valence-electron chi connectivity index (χ4n) is 6.89. The summed E-state index contributed by atoms with van der Waals surface area (Å²) in [7, 11) is 1.28. The van der Waals surface area contributed by atoms with Gasteiger partial charge in [-0.15, -0.1) is 0 Å². The number of hydrogen-bond donors (Lipinski definition) is 1. The number of fused-ring (bicyclic) bond motifs is 4. The number of esters is 1. The molecule has 3 atom stereocenters. The molecule has 1 N–H and O–H groups in total. The number of benzene rings is 1. The summed E-state index contributed by atoms with van der Waals surface area (Å²) in [4.78, 5) is 63.3. The van der Waals surface area contributed by atoms with E-state index in [4.69, 9.17) is 4.74 Å². The van der Waals surface area contributed by atoms with E-state index in [-0.39, 0.29) is 34.9 Å². The number of hydrogen-bond acceptors (Lipinski definition) is 7. The smallest absolute Gasteiger partial charge is 0.339 e. The zero-order valence-electron chi connectivity index (χ0n) is 21.4. The lowest BCUT2D eigenvalue weighted by Crippen LogP contribution is -2.57. The Hall–Kier alpha value is -3.79. The predicted molar refractivity (Wildman–Crippen MR) is 137 cm³/mol. The molecular weight excluding hydrogens is 486 g/mol. The van der Waals surface area contributed by atoms with Gasteiger partial charge in [-0.2, -0.15) is 0 Å². The Morgan fingerprint density at radius 1 is 1.05 bits per heavy atom. The first-order chi connectivity index (χ1) is 18.5. The highest BCUT2D eigenvalue weighted by molar-refractivity contribution is 6.11. The van der Waals surface area contributed by atoms with Crippen molar-refractivity contribution in [1.82, 2.24) is 20.1 Å². The van der Waals surface area contributed by atoms with E-state index in [0.717, 1.165) is 30.6 Å². The number of ether oxygens (including phenoxy) is 1. The average molecular weight is 518 g/mol. The fourth-order valence-corrected chi connectivity index (χ4v) is 6.89. The summed E-state index contributed by atoms with van der Waals surface area (Å²) in [6, 6.07) is 9.46. The number of anilines is 1. The molecule has 0 saturated carbocycles.